The lowest BCUT2D eigenvalue weighted by molar-refractivity contribution is 0.0505. The largest absolute Gasteiger partial charge is 0.598 e. The van der Waals surface area contributed by atoms with Crippen molar-refractivity contribution >= 4 is 28.7 Å². The maximum Gasteiger partial charge on any atom is 0.348 e. The monoisotopic (exact) mass is 373 g/mol. The maximum atomic E-state index is 12.5. The number of carbonyl (C=O) groups is 1. The van der Waals surface area contributed by atoms with E-state index in [4.69, 9.17) is 4.74 Å². The molecule has 0 aliphatic rings. The van der Waals surface area contributed by atoms with E-state index >= 15 is 0 Å². The van der Waals surface area contributed by atoms with Crippen LogP contribution in [0.25, 0.3) is 0 Å². The van der Waals surface area contributed by atoms with Crippen LogP contribution >= 0.6 is 11.3 Å². The Hall–Kier alpha value is -0.560. The van der Waals surface area contributed by atoms with Crippen LogP contribution in [0.3, 0.4) is 0 Å². The van der Waals surface area contributed by atoms with Crippen molar-refractivity contribution in [1.29, 1.82) is 0 Å². The van der Waals surface area contributed by atoms with Crippen molar-refractivity contribution in [3.8, 4) is 0 Å². The van der Waals surface area contributed by atoms with E-state index in [1.165, 1.54) is 11.3 Å². The average molecular weight is 374 g/mol. The number of esters is 1. The van der Waals surface area contributed by atoms with E-state index in [1.54, 1.807) is 0 Å². The molecule has 0 bridgehead atoms. The molecule has 0 saturated carbocycles. The summed E-state index contributed by atoms with van der Waals surface area (Å²) < 4.78 is 20.6. The van der Waals surface area contributed by atoms with Gasteiger partial charge >= 0.3 is 5.97 Å². The molecule has 1 N–H and O–H groups in total. The molecule has 6 heteroatoms. The highest BCUT2D eigenvalue weighted by Gasteiger charge is 2.31. The van der Waals surface area contributed by atoms with Crippen LogP contribution < -0.4 is 4.72 Å². The molecule has 0 aliphatic heterocycles. The number of carbonyl (C=O) groups excluding carboxylic acids is 1. The third-order valence-corrected chi connectivity index (χ3v) is 6.20. The minimum atomic E-state index is -1.15. The summed E-state index contributed by atoms with van der Waals surface area (Å²) in [6.45, 7) is 12.7. The van der Waals surface area contributed by atoms with Gasteiger partial charge in [-0.15, -0.1) is 16.1 Å². The summed E-state index contributed by atoms with van der Waals surface area (Å²) in [7, 11) is 0. The molecule has 1 heterocycles. The zero-order valence-electron chi connectivity index (χ0n) is 15.7. The molecule has 0 radical (unpaired) electrons. The number of nitrogens with one attached hydrogen (secondary N) is 1. The predicted molar refractivity (Wildman–Crippen MR) is 103 cm³/mol. The number of hydrogen-bond donors (Lipinski definition) is 1. The molecule has 1 aromatic rings. The van der Waals surface area contributed by atoms with Crippen LogP contribution in [-0.2, 0) is 16.1 Å². The Bertz CT molecular complexity index is 509. The van der Waals surface area contributed by atoms with Gasteiger partial charge in [-0.25, -0.2) is 4.79 Å². The van der Waals surface area contributed by atoms with Crippen LogP contribution in [0, 0.1) is 5.92 Å². The first kappa shape index (κ1) is 21.5. The second-order valence-corrected chi connectivity index (χ2v) is 10.5. The second-order valence-electron chi connectivity index (χ2n) is 7.37. The van der Waals surface area contributed by atoms with Crippen LogP contribution in [0.5, 0.6) is 0 Å². The molecule has 1 rings (SSSR count). The lowest BCUT2D eigenvalue weighted by atomic mass is 10.0. The van der Waals surface area contributed by atoms with Gasteiger partial charge in [0.15, 0.2) is 0 Å². The highest BCUT2D eigenvalue weighted by molar-refractivity contribution is 7.90. The fraction of sp³-hybridized carbons (Fsp3) is 0.722. The number of ether oxygens (including phenoxy) is 1. The number of hydrogen-bond acceptors (Lipinski definition) is 5. The van der Waals surface area contributed by atoms with Crippen molar-refractivity contribution in [2.75, 3.05) is 6.61 Å². The minimum absolute atomic E-state index is 0.0211. The summed E-state index contributed by atoms with van der Waals surface area (Å²) in [5.41, 5.74) is 0. The van der Waals surface area contributed by atoms with Crippen LogP contribution in [0.4, 0.5) is 0 Å². The SMILES string of the molecule is CCCCOC(=O)c1ccc([C@H](CC(C)C)N[S@@+]([O-])C(C)(C)C)s1. The molecule has 0 saturated heterocycles. The topological polar surface area (TPSA) is 61.4 Å². The molecule has 0 spiro atoms. The van der Waals surface area contributed by atoms with Gasteiger partial charge in [-0.1, -0.05) is 27.2 Å². The second kappa shape index (κ2) is 9.80. The van der Waals surface area contributed by atoms with Crippen LogP contribution in [0.1, 0.15) is 81.4 Å². The van der Waals surface area contributed by atoms with Gasteiger partial charge in [0.05, 0.1) is 12.6 Å². The average Bonchev–Trinajstić information content (AvgIpc) is 2.95. The molecule has 24 heavy (non-hydrogen) atoms. The Morgan fingerprint density at radius 3 is 2.58 bits per heavy atom. The van der Waals surface area contributed by atoms with Gasteiger partial charge in [0.2, 0.25) is 0 Å². The van der Waals surface area contributed by atoms with Gasteiger partial charge in [-0.3, -0.25) is 0 Å². The molecule has 2 atom stereocenters. The first-order valence-electron chi connectivity index (χ1n) is 8.60. The summed E-state index contributed by atoms with van der Waals surface area (Å²) in [6, 6.07) is 3.73. The van der Waals surface area contributed by atoms with Crippen molar-refractivity contribution < 1.29 is 14.1 Å². The molecule has 138 valence electrons. The fourth-order valence-corrected chi connectivity index (χ4v) is 3.91. The van der Waals surface area contributed by atoms with E-state index in [-0.39, 0.29) is 16.8 Å². The summed E-state index contributed by atoms with van der Waals surface area (Å²) in [4.78, 5) is 13.7. The fourth-order valence-electron chi connectivity index (χ4n) is 2.03. The molecule has 0 aliphatic carbocycles. The van der Waals surface area contributed by atoms with E-state index in [0.29, 0.717) is 17.4 Å². The van der Waals surface area contributed by atoms with Crippen LogP contribution in [-0.4, -0.2) is 21.9 Å². The summed E-state index contributed by atoms with van der Waals surface area (Å²) in [5.74, 6) is 0.196. The highest BCUT2D eigenvalue weighted by Crippen LogP contribution is 2.30. The lowest BCUT2D eigenvalue weighted by Gasteiger charge is -2.28. The van der Waals surface area contributed by atoms with Gasteiger partial charge in [-0.2, -0.15) is 0 Å². The zero-order chi connectivity index (χ0) is 18.3. The van der Waals surface area contributed by atoms with Crippen LogP contribution in [0.2, 0.25) is 0 Å². The van der Waals surface area contributed by atoms with E-state index in [2.05, 4.69) is 25.5 Å². The molecule has 1 aromatic heterocycles. The van der Waals surface area contributed by atoms with Gasteiger partial charge in [0.25, 0.3) is 0 Å². The maximum absolute atomic E-state index is 12.5. The van der Waals surface area contributed by atoms with Crippen molar-refractivity contribution in [3.63, 3.8) is 0 Å². The zero-order valence-corrected chi connectivity index (χ0v) is 17.3. The van der Waals surface area contributed by atoms with E-state index in [9.17, 15) is 9.35 Å². The summed E-state index contributed by atoms with van der Waals surface area (Å²) in [5, 5.41) is 0. The Labute approximate surface area is 153 Å². The molecule has 0 amide bonds. The van der Waals surface area contributed by atoms with Gasteiger partial charge in [0, 0.05) is 16.2 Å². The van der Waals surface area contributed by atoms with Crippen molar-refractivity contribution in [2.45, 2.75) is 71.6 Å². The van der Waals surface area contributed by atoms with E-state index in [1.807, 2.05) is 32.9 Å². The Morgan fingerprint density at radius 2 is 2.04 bits per heavy atom. The normalized spacial score (nSPS) is 14.7. The smallest absolute Gasteiger partial charge is 0.348 e. The Morgan fingerprint density at radius 1 is 1.38 bits per heavy atom. The molecular weight excluding hydrogens is 342 g/mol. The Balaban J connectivity index is 2.82. The first-order chi connectivity index (χ1) is 11.1. The highest BCUT2D eigenvalue weighted by atomic mass is 32.2. The van der Waals surface area contributed by atoms with E-state index in [0.717, 1.165) is 24.1 Å². The number of unbranched alkanes of at least 4 members (excludes halogenated alkanes) is 1. The van der Waals surface area contributed by atoms with Gasteiger partial charge in [-0.05, 0) is 51.7 Å². The van der Waals surface area contributed by atoms with Crippen LogP contribution in [0.15, 0.2) is 12.1 Å². The lowest BCUT2D eigenvalue weighted by Crippen LogP contribution is -2.41. The number of rotatable bonds is 9. The van der Waals surface area contributed by atoms with Crippen molar-refractivity contribution in [3.05, 3.63) is 21.9 Å². The molecule has 0 aromatic carbocycles. The molecule has 0 fully saturated rings. The molecule has 0 unspecified atom stereocenters. The summed E-state index contributed by atoms with van der Waals surface area (Å²) >= 11 is 0.279. The quantitative estimate of drug-likeness (QED) is 0.382. The van der Waals surface area contributed by atoms with Crippen molar-refractivity contribution in [1.82, 2.24) is 4.72 Å². The number of thiophene rings is 1. The molecule has 4 nitrogen and oxygen atoms in total. The first-order valence-corrected chi connectivity index (χ1v) is 10.6. The molecular formula is C18H31NO3S2. The third kappa shape index (κ3) is 7.13. The van der Waals surface area contributed by atoms with E-state index < -0.39 is 11.4 Å². The summed E-state index contributed by atoms with van der Waals surface area (Å²) in [6.07, 6.45) is 2.75. The minimum Gasteiger partial charge on any atom is -0.598 e. The predicted octanol–water partition coefficient (Wildman–Crippen LogP) is 4.84. The third-order valence-electron chi connectivity index (χ3n) is 3.42. The Kier molecular flexibility index (Phi) is 8.77. The van der Waals surface area contributed by atoms with Gasteiger partial charge < -0.3 is 9.29 Å². The standard InChI is InChI=1S/C18H31NO3S2/c1-7-8-11-22-17(20)16-10-9-15(23-16)14(12-13(2)3)19-24(21)18(4,5)6/h9-10,13-14,19H,7-8,11-12H2,1-6H3/t14-,24-/m0/s1. The van der Waals surface area contributed by atoms with Gasteiger partial charge in [0.1, 0.15) is 9.62 Å². The van der Waals surface area contributed by atoms with Crippen molar-refractivity contribution in [2.24, 2.45) is 5.92 Å².